The van der Waals surface area contributed by atoms with Gasteiger partial charge in [0.05, 0.1) is 26.2 Å². The fourth-order valence-corrected chi connectivity index (χ4v) is 4.69. The Labute approximate surface area is 160 Å². The number of quaternary nitrogens is 1. The van der Waals surface area contributed by atoms with E-state index < -0.39 is 31.1 Å². The SMILES string of the molecule is CCCCC[N+]12CCN(CC1)CC2.O=S(=O)([N-]S(=O)(=O)C(F)(F)F)C(F)(F)F. The molecule has 3 saturated heterocycles. The lowest BCUT2D eigenvalue weighted by atomic mass is 10.1. The van der Waals surface area contributed by atoms with Crippen molar-refractivity contribution in [2.45, 2.75) is 37.2 Å². The highest BCUT2D eigenvalue weighted by molar-refractivity contribution is 8.13. The Bertz CT molecular complexity index is 658. The van der Waals surface area contributed by atoms with E-state index in [1.807, 2.05) is 0 Å². The fourth-order valence-electron chi connectivity index (χ4n) is 2.98. The predicted molar refractivity (Wildman–Crippen MR) is 89.0 cm³/mol. The second-order valence-corrected chi connectivity index (χ2v) is 10.1. The van der Waals surface area contributed by atoms with Crippen LogP contribution in [0.3, 0.4) is 0 Å². The van der Waals surface area contributed by atoms with E-state index in [-0.39, 0.29) is 0 Å². The van der Waals surface area contributed by atoms with Gasteiger partial charge in [0, 0.05) is 19.6 Å². The summed E-state index contributed by atoms with van der Waals surface area (Å²) in [4.78, 5) is 2.62. The number of sulfonamides is 2. The summed E-state index contributed by atoms with van der Waals surface area (Å²) >= 11 is 0. The first-order valence-electron chi connectivity index (χ1n) is 8.49. The number of rotatable bonds is 6. The Morgan fingerprint density at radius 2 is 1.21 bits per heavy atom. The molecule has 0 aromatic heterocycles. The molecule has 0 saturated carbocycles. The monoisotopic (exact) mass is 463 g/mol. The molecule has 0 amide bonds. The van der Waals surface area contributed by atoms with Gasteiger partial charge in [-0.25, -0.2) is 16.8 Å². The van der Waals surface area contributed by atoms with Gasteiger partial charge in [0.2, 0.25) is 0 Å². The van der Waals surface area contributed by atoms with E-state index in [1.165, 1.54) is 69.6 Å². The summed E-state index contributed by atoms with van der Waals surface area (Å²) < 4.78 is 111. The van der Waals surface area contributed by atoms with E-state index in [0.717, 1.165) is 4.13 Å². The van der Waals surface area contributed by atoms with Crippen LogP contribution in [0.25, 0.3) is 4.13 Å². The van der Waals surface area contributed by atoms with Crippen LogP contribution >= 0.6 is 0 Å². The van der Waals surface area contributed by atoms with Crippen LogP contribution in [0, 0.1) is 0 Å². The minimum atomic E-state index is -6.72. The minimum absolute atomic E-state index is 0.778. The summed E-state index contributed by atoms with van der Waals surface area (Å²) in [6.45, 7) is 12.2. The highest BCUT2D eigenvalue weighted by Crippen LogP contribution is 2.36. The zero-order valence-electron chi connectivity index (χ0n) is 15.1. The molecule has 0 aromatic rings. The average Bonchev–Trinajstić information content (AvgIpc) is 2.54. The molecule has 168 valence electrons. The van der Waals surface area contributed by atoms with E-state index in [0.29, 0.717) is 0 Å². The van der Waals surface area contributed by atoms with Crippen LogP contribution in [0.1, 0.15) is 26.2 Å². The van der Waals surface area contributed by atoms with Gasteiger partial charge in [-0.3, -0.25) is 4.90 Å². The molecular weight excluding hydrogens is 440 g/mol. The smallest absolute Gasteiger partial charge is 0.421 e. The van der Waals surface area contributed by atoms with Crippen molar-refractivity contribution in [2.24, 2.45) is 0 Å². The number of halogens is 6. The first-order valence-corrected chi connectivity index (χ1v) is 11.4. The van der Waals surface area contributed by atoms with Gasteiger partial charge < -0.3 is 8.61 Å². The molecule has 3 aliphatic rings. The van der Waals surface area contributed by atoms with Crippen LogP contribution in [-0.2, 0) is 20.0 Å². The standard InChI is InChI=1S/C11H23N2.C2F6NO4S2/c1-2-3-4-8-13-9-5-12(6-10-13)7-11-13;3-1(4,5)14(10,11)9-15(12,13)2(6,7)8/h2-11H2,1H3;/q+1;-1. The van der Waals surface area contributed by atoms with Crippen molar-refractivity contribution in [1.29, 1.82) is 0 Å². The topological polar surface area (TPSA) is 85.6 Å². The lowest BCUT2D eigenvalue weighted by Gasteiger charge is -2.50. The number of nitrogens with zero attached hydrogens (tertiary/aromatic N) is 3. The molecule has 0 N–H and O–H groups in total. The van der Waals surface area contributed by atoms with Crippen molar-refractivity contribution in [3.8, 4) is 0 Å². The molecule has 3 fully saturated rings. The molecule has 0 aromatic carbocycles. The lowest BCUT2D eigenvalue weighted by Crippen LogP contribution is -2.67. The third-order valence-electron chi connectivity index (χ3n) is 4.69. The molecule has 0 unspecified atom stereocenters. The third-order valence-corrected chi connectivity index (χ3v) is 7.43. The maximum Gasteiger partial charge on any atom is 0.480 e. The normalized spacial score (nSPS) is 25.9. The molecule has 28 heavy (non-hydrogen) atoms. The summed E-state index contributed by atoms with van der Waals surface area (Å²) in [5.41, 5.74) is -12.4. The van der Waals surface area contributed by atoms with Crippen molar-refractivity contribution in [2.75, 3.05) is 45.8 Å². The lowest BCUT2D eigenvalue weighted by molar-refractivity contribution is -0.941. The Morgan fingerprint density at radius 3 is 1.54 bits per heavy atom. The van der Waals surface area contributed by atoms with Crippen LogP contribution in [0.5, 0.6) is 0 Å². The Hall–Kier alpha value is -0.640. The number of unbranched alkanes of at least 4 members (excludes halogenated alkanes) is 2. The number of alkyl halides is 6. The van der Waals surface area contributed by atoms with E-state index in [2.05, 4.69) is 11.8 Å². The van der Waals surface area contributed by atoms with Gasteiger partial charge in [0.15, 0.2) is 20.0 Å². The molecule has 15 heteroatoms. The summed E-state index contributed by atoms with van der Waals surface area (Å²) in [7, 11) is -13.4. The Kier molecular flexibility index (Phi) is 8.18. The van der Waals surface area contributed by atoms with E-state index in [1.54, 1.807) is 0 Å². The molecule has 3 heterocycles. The maximum absolute atomic E-state index is 11.4. The van der Waals surface area contributed by atoms with Crippen LogP contribution in [0.4, 0.5) is 26.3 Å². The minimum Gasteiger partial charge on any atom is -0.421 e. The van der Waals surface area contributed by atoms with Gasteiger partial charge in [0.25, 0.3) is 0 Å². The molecular formula is C13H23F6N3O4S2. The van der Waals surface area contributed by atoms with Crippen molar-refractivity contribution in [3.63, 3.8) is 0 Å². The summed E-state index contributed by atoms with van der Waals surface area (Å²) in [6, 6.07) is 0. The van der Waals surface area contributed by atoms with Gasteiger partial charge >= 0.3 is 11.0 Å². The summed E-state index contributed by atoms with van der Waals surface area (Å²) in [5.74, 6) is 0. The molecule has 7 nitrogen and oxygen atoms in total. The Balaban J connectivity index is 0.000000281. The van der Waals surface area contributed by atoms with Crippen molar-refractivity contribution in [1.82, 2.24) is 4.90 Å². The van der Waals surface area contributed by atoms with Gasteiger partial charge in [0.1, 0.15) is 0 Å². The van der Waals surface area contributed by atoms with Crippen molar-refractivity contribution in [3.05, 3.63) is 4.13 Å². The van der Waals surface area contributed by atoms with Gasteiger partial charge in [-0.15, -0.1) is 0 Å². The van der Waals surface area contributed by atoms with Crippen LogP contribution < -0.4 is 0 Å². The number of hydrogen-bond donors (Lipinski definition) is 0. The average molecular weight is 463 g/mol. The fraction of sp³-hybridized carbons (Fsp3) is 1.00. The molecule has 0 spiro atoms. The summed E-state index contributed by atoms with van der Waals surface area (Å²) in [6.07, 6.45) is 4.26. The van der Waals surface area contributed by atoms with E-state index in [9.17, 15) is 43.2 Å². The van der Waals surface area contributed by atoms with Crippen molar-refractivity contribution >= 4 is 20.0 Å². The second kappa shape index (κ2) is 9.02. The number of fused-ring (bicyclic) bond motifs is 3. The largest absolute Gasteiger partial charge is 0.480 e. The second-order valence-electron chi connectivity index (χ2n) is 6.70. The summed E-state index contributed by atoms with van der Waals surface area (Å²) in [5, 5.41) is 0. The Morgan fingerprint density at radius 1 is 0.821 bits per heavy atom. The molecule has 0 atom stereocenters. The first kappa shape index (κ1) is 25.4. The molecule has 0 radical (unpaired) electrons. The van der Waals surface area contributed by atoms with Gasteiger partial charge in [-0.2, -0.15) is 26.3 Å². The van der Waals surface area contributed by atoms with E-state index >= 15 is 0 Å². The molecule has 2 bridgehead atoms. The molecule has 3 aliphatic heterocycles. The zero-order valence-corrected chi connectivity index (χ0v) is 16.8. The molecule has 0 aliphatic carbocycles. The highest BCUT2D eigenvalue weighted by atomic mass is 32.3. The van der Waals surface area contributed by atoms with Crippen LogP contribution in [0.2, 0.25) is 0 Å². The highest BCUT2D eigenvalue weighted by Gasteiger charge is 2.47. The van der Waals surface area contributed by atoms with Gasteiger partial charge in [-0.1, -0.05) is 13.3 Å². The van der Waals surface area contributed by atoms with E-state index in [4.69, 9.17) is 0 Å². The maximum atomic E-state index is 11.4. The first-order chi connectivity index (χ1) is 12.6. The van der Waals surface area contributed by atoms with Gasteiger partial charge in [-0.05, 0) is 12.8 Å². The number of piperazine rings is 3. The van der Waals surface area contributed by atoms with Crippen molar-refractivity contribution < 1.29 is 47.7 Å². The van der Waals surface area contributed by atoms with Crippen LogP contribution in [-0.4, -0.2) is 83.0 Å². The molecule has 3 rings (SSSR count). The van der Waals surface area contributed by atoms with Crippen LogP contribution in [0.15, 0.2) is 0 Å². The number of hydrogen-bond acceptors (Lipinski definition) is 5. The quantitative estimate of drug-likeness (QED) is 0.343. The third kappa shape index (κ3) is 6.71. The zero-order chi connectivity index (χ0) is 21.9. The predicted octanol–water partition coefficient (Wildman–Crippen LogP) is 2.38.